The number of piperidine rings is 1. The number of unbranched alkanes of at least 4 members (excludes halogenated alkanes) is 2. The van der Waals surface area contributed by atoms with Crippen LogP contribution in [0.1, 0.15) is 75.5 Å². The van der Waals surface area contributed by atoms with Crippen molar-refractivity contribution in [3.05, 3.63) is 94.0 Å². The Kier molecular flexibility index (Phi) is 11.1. The Morgan fingerprint density at radius 3 is 2.26 bits per heavy atom. The van der Waals surface area contributed by atoms with Gasteiger partial charge < -0.3 is 15.0 Å². The van der Waals surface area contributed by atoms with Gasteiger partial charge in [0.15, 0.2) is 0 Å². The molecule has 4 rings (SSSR count). The van der Waals surface area contributed by atoms with Gasteiger partial charge >= 0.3 is 0 Å². The van der Waals surface area contributed by atoms with Gasteiger partial charge in [-0.1, -0.05) is 67.7 Å². The average molecular weight is 568 g/mol. The van der Waals surface area contributed by atoms with E-state index in [1.165, 1.54) is 18.4 Å². The van der Waals surface area contributed by atoms with Gasteiger partial charge in [0.25, 0.3) is 0 Å². The van der Waals surface area contributed by atoms with Gasteiger partial charge in [-0.05, 0) is 117 Å². The molecule has 1 unspecified atom stereocenters. The quantitative estimate of drug-likeness (QED) is 0.222. The van der Waals surface area contributed by atoms with Crippen LogP contribution in [0.15, 0.2) is 72.8 Å². The molecule has 1 heterocycles. The van der Waals surface area contributed by atoms with Crippen LogP contribution >= 0.6 is 23.2 Å². The summed E-state index contributed by atoms with van der Waals surface area (Å²) in [5.41, 5.74) is 3.39. The van der Waals surface area contributed by atoms with Crippen molar-refractivity contribution in [2.75, 3.05) is 25.0 Å². The Bertz CT molecular complexity index is 1170. The number of nitrogens with zero attached hydrogens (tertiary/aromatic N) is 1. The van der Waals surface area contributed by atoms with Crippen LogP contribution in [0.4, 0.5) is 5.69 Å². The summed E-state index contributed by atoms with van der Waals surface area (Å²) in [6.45, 7) is 7.23. The molecule has 3 aromatic rings. The molecule has 39 heavy (non-hydrogen) atoms. The highest BCUT2D eigenvalue weighted by molar-refractivity contribution is 6.30. The molecule has 0 aliphatic carbocycles. The van der Waals surface area contributed by atoms with Crippen LogP contribution in [0.25, 0.3) is 0 Å². The molecule has 3 aromatic carbocycles. The van der Waals surface area contributed by atoms with Gasteiger partial charge in [0.2, 0.25) is 5.91 Å². The lowest BCUT2D eigenvalue weighted by atomic mass is 9.89. The standard InChI is InChI=1S/C33H40Cl2N2O2/c1-24(2)33(38)36-30-8-6-7-27(23-30)25-18-21-37(22-19-25)20-5-3-4-9-32(26-10-12-28(34)13-11-26)39-31-16-14-29(35)15-17-31/h6-8,10-17,23-25,32H,3-5,9,18-22H2,1-2H3,(H,36,38). The van der Waals surface area contributed by atoms with E-state index in [0.29, 0.717) is 10.9 Å². The Morgan fingerprint density at radius 2 is 1.59 bits per heavy atom. The summed E-state index contributed by atoms with van der Waals surface area (Å²) in [6, 6.07) is 23.9. The number of carbonyl (C=O) groups excluding carboxylic acids is 1. The number of carbonyl (C=O) groups is 1. The topological polar surface area (TPSA) is 41.6 Å². The first-order valence-corrected chi connectivity index (χ1v) is 14.9. The normalized spacial score (nSPS) is 15.3. The summed E-state index contributed by atoms with van der Waals surface area (Å²) >= 11 is 12.2. The molecule has 1 atom stereocenters. The number of ether oxygens (including phenoxy) is 1. The van der Waals surface area contributed by atoms with Gasteiger partial charge in [-0.25, -0.2) is 0 Å². The lowest BCUT2D eigenvalue weighted by molar-refractivity contribution is -0.118. The zero-order chi connectivity index (χ0) is 27.6. The zero-order valence-electron chi connectivity index (χ0n) is 23.0. The second kappa shape index (κ2) is 14.7. The van der Waals surface area contributed by atoms with E-state index in [4.69, 9.17) is 27.9 Å². The van der Waals surface area contributed by atoms with Crippen LogP contribution in [-0.2, 0) is 4.79 Å². The van der Waals surface area contributed by atoms with Gasteiger partial charge in [-0.3, -0.25) is 4.79 Å². The average Bonchev–Trinajstić information content (AvgIpc) is 2.94. The van der Waals surface area contributed by atoms with E-state index in [1.807, 2.05) is 56.3 Å². The van der Waals surface area contributed by atoms with E-state index in [-0.39, 0.29) is 17.9 Å². The SMILES string of the molecule is CC(C)C(=O)Nc1cccc(C2CCN(CCCCCC(Oc3ccc(Cl)cc3)c3ccc(Cl)cc3)CC2)c1. The Morgan fingerprint density at radius 1 is 0.923 bits per heavy atom. The third kappa shape index (κ3) is 9.27. The van der Waals surface area contributed by atoms with Crippen molar-refractivity contribution in [3.63, 3.8) is 0 Å². The first-order valence-electron chi connectivity index (χ1n) is 14.2. The molecule has 4 nitrogen and oxygen atoms in total. The Labute approximate surface area is 243 Å². The predicted molar refractivity (Wildman–Crippen MR) is 163 cm³/mol. The number of anilines is 1. The maximum Gasteiger partial charge on any atom is 0.226 e. The molecule has 1 N–H and O–H groups in total. The minimum absolute atomic E-state index is 0.0136. The van der Waals surface area contributed by atoms with Crippen molar-refractivity contribution in [3.8, 4) is 5.75 Å². The van der Waals surface area contributed by atoms with Crippen molar-refractivity contribution in [2.45, 2.75) is 64.4 Å². The number of hydrogen-bond donors (Lipinski definition) is 1. The summed E-state index contributed by atoms with van der Waals surface area (Å²) < 4.78 is 6.35. The molecule has 1 aliphatic rings. The van der Waals surface area contributed by atoms with E-state index in [0.717, 1.165) is 67.3 Å². The van der Waals surface area contributed by atoms with Crippen LogP contribution in [-0.4, -0.2) is 30.4 Å². The third-order valence-electron chi connectivity index (χ3n) is 7.51. The van der Waals surface area contributed by atoms with Gasteiger partial charge in [-0.2, -0.15) is 0 Å². The second-order valence-electron chi connectivity index (χ2n) is 10.8. The van der Waals surface area contributed by atoms with Gasteiger partial charge in [0.05, 0.1) is 0 Å². The number of nitrogens with one attached hydrogen (secondary N) is 1. The van der Waals surface area contributed by atoms with Crippen molar-refractivity contribution >= 4 is 34.8 Å². The zero-order valence-corrected chi connectivity index (χ0v) is 24.6. The minimum Gasteiger partial charge on any atom is -0.486 e. The molecule has 1 saturated heterocycles. The number of likely N-dealkylation sites (tertiary alicyclic amines) is 1. The summed E-state index contributed by atoms with van der Waals surface area (Å²) in [5.74, 6) is 1.44. The fraction of sp³-hybridized carbons (Fsp3) is 0.424. The Balaban J connectivity index is 1.20. The lowest BCUT2D eigenvalue weighted by Crippen LogP contribution is -2.33. The molecular formula is C33H40Cl2N2O2. The van der Waals surface area contributed by atoms with Crippen molar-refractivity contribution in [2.24, 2.45) is 5.92 Å². The van der Waals surface area contributed by atoms with E-state index >= 15 is 0 Å². The van der Waals surface area contributed by atoms with Gasteiger partial charge in [0.1, 0.15) is 11.9 Å². The molecule has 6 heteroatoms. The molecule has 208 valence electrons. The van der Waals surface area contributed by atoms with Crippen LogP contribution in [0.5, 0.6) is 5.75 Å². The second-order valence-corrected chi connectivity index (χ2v) is 11.7. The van der Waals surface area contributed by atoms with Crippen LogP contribution < -0.4 is 10.1 Å². The summed E-state index contributed by atoms with van der Waals surface area (Å²) in [7, 11) is 0. The van der Waals surface area contributed by atoms with Crippen molar-refractivity contribution in [1.82, 2.24) is 4.90 Å². The molecular weight excluding hydrogens is 527 g/mol. The van der Waals surface area contributed by atoms with Crippen LogP contribution in [0, 0.1) is 5.92 Å². The molecule has 1 aliphatic heterocycles. The Hall–Kier alpha value is -2.53. The van der Waals surface area contributed by atoms with Crippen molar-refractivity contribution < 1.29 is 9.53 Å². The highest BCUT2D eigenvalue weighted by Gasteiger charge is 2.21. The van der Waals surface area contributed by atoms with E-state index in [1.54, 1.807) is 0 Å². The number of halogens is 2. The maximum atomic E-state index is 12.1. The molecule has 0 saturated carbocycles. The van der Waals surface area contributed by atoms with E-state index in [2.05, 4.69) is 40.5 Å². The van der Waals surface area contributed by atoms with Crippen LogP contribution in [0.2, 0.25) is 10.0 Å². The van der Waals surface area contributed by atoms with Crippen LogP contribution in [0.3, 0.4) is 0 Å². The molecule has 0 bridgehead atoms. The fourth-order valence-electron chi connectivity index (χ4n) is 5.14. The van der Waals surface area contributed by atoms with Crippen molar-refractivity contribution in [1.29, 1.82) is 0 Å². The molecule has 0 radical (unpaired) electrons. The molecule has 1 amide bonds. The number of amides is 1. The lowest BCUT2D eigenvalue weighted by Gasteiger charge is -2.32. The predicted octanol–water partition coefficient (Wildman–Crippen LogP) is 9.15. The van der Waals surface area contributed by atoms with Gasteiger partial charge in [0, 0.05) is 21.7 Å². The number of rotatable bonds is 12. The van der Waals surface area contributed by atoms with E-state index < -0.39 is 0 Å². The third-order valence-corrected chi connectivity index (χ3v) is 8.02. The smallest absolute Gasteiger partial charge is 0.226 e. The first-order chi connectivity index (χ1) is 18.9. The fourth-order valence-corrected chi connectivity index (χ4v) is 5.39. The maximum absolute atomic E-state index is 12.1. The highest BCUT2D eigenvalue weighted by Crippen LogP contribution is 2.31. The molecule has 0 aromatic heterocycles. The summed E-state index contributed by atoms with van der Waals surface area (Å²) in [4.78, 5) is 14.7. The largest absolute Gasteiger partial charge is 0.486 e. The first kappa shape index (κ1) is 29.5. The summed E-state index contributed by atoms with van der Waals surface area (Å²) in [5, 5.41) is 4.48. The molecule has 1 fully saturated rings. The summed E-state index contributed by atoms with van der Waals surface area (Å²) in [6.07, 6.45) is 6.73. The number of hydrogen-bond acceptors (Lipinski definition) is 3. The number of benzene rings is 3. The van der Waals surface area contributed by atoms with Gasteiger partial charge in [-0.15, -0.1) is 0 Å². The van der Waals surface area contributed by atoms with E-state index in [9.17, 15) is 4.79 Å². The minimum atomic E-state index is -0.0174. The highest BCUT2D eigenvalue weighted by atomic mass is 35.5. The molecule has 0 spiro atoms. The monoisotopic (exact) mass is 566 g/mol.